The van der Waals surface area contributed by atoms with E-state index in [-0.39, 0.29) is 23.1 Å². The summed E-state index contributed by atoms with van der Waals surface area (Å²) >= 11 is 3.51. The van der Waals surface area contributed by atoms with Gasteiger partial charge in [-0.3, -0.25) is 14.3 Å². The number of aromatic nitrogens is 2. The quantitative estimate of drug-likeness (QED) is 0.672. The van der Waals surface area contributed by atoms with E-state index < -0.39 is 0 Å². The number of thioether (sulfide) groups is 1. The molecule has 1 atom stereocenters. The van der Waals surface area contributed by atoms with Crippen LogP contribution in [0, 0.1) is 5.92 Å². The normalized spacial score (nSPS) is 24.0. The highest BCUT2D eigenvalue weighted by atomic mass is 32.2. The second-order valence-corrected chi connectivity index (χ2v) is 10.0. The monoisotopic (exact) mass is 433 g/mol. The molecule has 2 aliphatic rings. The predicted octanol–water partition coefficient (Wildman–Crippen LogP) is 2.50. The summed E-state index contributed by atoms with van der Waals surface area (Å²) in [6, 6.07) is 2.33. The SMILES string of the molecule is Cn1ncc(C(=O)NCC2CCC(NC(=O)C3SCCc4sccc43)CC2)c1N. The van der Waals surface area contributed by atoms with E-state index in [2.05, 4.69) is 27.2 Å². The summed E-state index contributed by atoms with van der Waals surface area (Å²) in [5.74, 6) is 1.80. The molecule has 3 heterocycles. The molecule has 1 aliphatic carbocycles. The molecule has 1 saturated carbocycles. The molecule has 1 aliphatic heterocycles. The molecule has 4 rings (SSSR count). The maximum atomic E-state index is 12.8. The highest BCUT2D eigenvalue weighted by molar-refractivity contribution is 8.00. The first-order chi connectivity index (χ1) is 14.0. The fraction of sp³-hybridized carbons (Fsp3) is 0.550. The molecule has 1 unspecified atom stereocenters. The molecular formula is C20H27N5O2S2. The Labute approximate surface area is 178 Å². The summed E-state index contributed by atoms with van der Waals surface area (Å²) in [7, 11) is 1.71. The fourth-order valence-electron chi connectivity index (χ4n) is 4.11. The summed E-state index contributed by atoms with van der Waals surface area (Å²) in [4.78, 5) is 26.5. The van der Waals surface area contributed by atoms with Crippen molar-refractivity contribution in [3.63, 3.8) is 0 Å². The third kappa shape index (κ3) is 4.45. The molecule has 0 bridgehead atoms. The standard InChI is InChI=1S/C20H27N5O2S2/c1-25-18(21)15(11-23-25)19(26)22-10-12-2-4-13(5-3-12)24-20(27)17-14-6-8-28-16(14)7-9-29-17/h6,8,11-13,17H,2-5,7,9-10,21H2,1H3,(H,22,26)(H,24,27). The average molecular weight is 434 g/mol. The number of amides is 2. The second kappa shape index (κ2) is 8.79. The summed E-state index contributed by atoms with van der Waals surface area (Å²) < 4.78 is 1.49. The van der Waals surface area contributed by atoms with Crippen molar-refractivity contribution in [2.75, 3.05) is 18.0 Å². The fourth-order valence-corrected chi connectivity index (χ4v) is 6.41. The summed E-state index contributed by atoms with van der Waals surface area (Å²) in [6.07, 6.45) is 6.47. The number of nitrogens with zero attached hydrogens (tertiary/aromatic N) is 2. The number of anilines is 1. The highest BCUT2D eigenvalue weighted by Gasteiger charge is 2.30. The van der Waals surface area contributed by atoms with E-state index in [1.54, 1.807) is 30.1 Å². The number of aryl methyl sites for hydroxylation is 2. The van der Waals surface area contributed by atoms with Crippen LogP contribution in [-0.2, 0) is 18.3 Å². The van der Waals surface area contributed by atoms with Crippen LogP contribution in [0.1, 0.15) is 51.7 Å². The number of carbonyl (C=O) groups excluding carboxylic acids is 2. The molecule has 9 heteroatoms. The maximum absolute atomic E-state index is 12.8. The third-order valence-electron chi connectivity index (χ3n) is 5.89. The van der Waals surface area contributed by atoms with Crippen molar-refractivity contribution in [2.24, 2.45) is 13.0 Å². The van der Waals surface area contributed by atoms with E-state index in [9.17, 15) is 9.59 Å². The molecular weight excluding hydrogens is 406 g/mol. The number of rotatable bonds is 5. The molecule has 0 saturated heterocycles. The number of thiophene rings is 1. The van der Waals surface area contributed by atoms with Crippen LogP contribution >= 0.6 is 23.1 Å². The first-order valence-electron chi connectivity index (χ1n) is 10.1. The summed E-state index contributed by atoms with van der Waals surface area (Å²) in [5, 5.41) is 12.3. The van der Waals surface area contributed by atoms with Gasteiger partial charge >= 0.3 is 0 Å². The van der Waals surface area contributed by atoms with Gasteiger partial charge in [0.2, 0.25) is 5.91 Å². The lowest BCUT2D eigenvalue weighted by Crippen LogP contribution is -2.41. The molecule has 4 N–H and O–H groups in total. The van der Waals surface area contributed by atoms with Gasteiger partial charge in [0, 0.05) is 24.5 Å². The van der Waals surface area contributed by atoms with Crippen molar-refractivity contribution < 1.29 is 9.59 Å². The van der Waals surface area contributed by atoms with Crippen molar-refractivity contribution in [3.8, 4) is 0 Å². The number of carbonyl (C=O) groups is 2. The number of fused-ring (bicyclic) bond motifs is 1. The molecule has 2 aromatic rings. The Bertz CT molecular complexity index is 885. The molecule has 2 amide bonds. The second-order valence-electron chi connectivity index (χ2n) is 7.80. The Morgan fingerprint density at radius 2 is 2.10 bits per heavy atom. The van der Waals surface area contributed by atoms with Crippen LogP contribution < -0.4 is 16.4 Å². The van der Waals surface area contributed by atoms with Crippen LogP contribution in [0.25, 0.3) is 0 Å². The number of nitrogen functional groups attached to an aromatic ring is 1. The van der Waals surface area contributed by atoms with Crippen LogP contribution in [0.2, 0.25) is 0 Å². The molecule has 0 spiro atoms. The number of hydrogen-bond donors (Lipinski definition) is 3. The smallest absolute Gasteiger partial charge is 0.256 e. The van der Waals surface area contributed by atoms with E-state index in [4.69, 9.17) is 5.73 Å². The van der Waals surface area contributed by atoms with Gasteiger partial charge in [-0.05, 0) is 60.8 Å². The molecule has 29 heavy (non-hydrogen) atoms. The molecule has 156 valence electrons. The predicted molar refractivity (Wildman–Crippen MR) is 117 cm³/mol. The van der Waals surface area contributed by atoms with E-state index in [1.807, 2.05) is 0 Å². The molecule has 0 radical (unpaired) electrons. The van der Waals surface area contributed by atoms with E-state index in [1.165, 1.54) is 21.3 Å². The van der Waals surface area contributed by atoms with Crippen molar-refractivity contribution >= 4 is 40.7 Å². The largest absolute Gasteiger partial charge is 0.383 e. The molecule has 1 fully saturated rings. The number of hydrogen-bond acceptors (Lipinski definition) is 6. The van der Waals surface area contributed by atoms with Gasteiger partial charge in [-0.1, -0.05) is 0 Å². The Morgan fingerprint density at radius 1 is 1.31 bits per heavy atom. The average Bonchev–Trinajstić information content (AvgIpc) is 3.34. The van der Waals surface area contributed by atoms with Crippen LogP contribution in [0.15, 0.2) is 17.6 Å². The lowest BCUT2D eigenvalue weighted by atomic mass is 9.86. The van der Waals surface area contributed by atoms with E-state index >= 15 is 0 Å². The minimum absolute atomic E-state index is 0.0630. The first-order valence-corrected chi connectivity index (χ1v) is 12.0. The Morgan fingerprint density at radius 3 is 2.83 bits per heavy atom. The number of nitrogens with two attached hydrogens (primary N) is 1. The van der Waals surface area contributed by atoms with Crippen molar-refractivity contribution in [3.05, 3.63) is 33.6 Å². The summed E-state index contributed by atoms with van der Waals surface area (Å²) in [5.41, 5.74) is 7.49. The zero-order valence-electron chi connectivity index (χ0n) is 16.5. The van der Waals surface area contributed by atoms with Crippen molar-refractivity contribution in [1.82, 2.24) is 20.4 Å². The van der Waals surface area contributed by atoms with Crippen molar-refractivity contribution in [2.45, 2.75) is 43.4 Å². The highest BCUT2D eigenvalue weighted by Crippen LogP contribution is 2.39. The van der Waals surface area contributed by atoms with Gasteiger partial charge in [-0.15, -0.1) is 23.1 Å². The van der Waals surface area contributed by atoms with Gasteiger partial charge in [0.25, 0.3) is 5.91 Å². The Balaban J connectivity index is 1.22. The van der Waals surface area contributed by atoms with Gasteiger partial charge in [-0.25, -0.2) is 0 Å². The van der Waals surface area contributed by atoms with Gasteiger partial charge in [0.05, 0.1) is 6.20 Å². The van der Waals surface area contributed by atoms with Crippen LogP contribution in [0.3, 0.4) is 0 Å². The first kappa shape index (κ1) is 20.3. The topological polar surface area (TPSA) is 102 Å². The molecule has 7 nitrogen and oxygen atoms in total. The van der Waals surface area contributed by atoms with Crippen LogP contribution in [0.4, 0.5) is 5.82 Å². The number of nitrogens with one attached hydrogen (secondary N) is 2. The lowest BCUT2D eigenvalue weighted by molar-refractivity contribution is -0.121. The van der Waals surface area contributed by atoms with Crippen LogP contribution in [-0.4, -0.2) is 39.9 Å². The zero-order chi connectivity index (χ0) is 20.4. The van der Waals surface area contributed by atoms with E-state index in [0.717, 1.165) is 37.9 Å². The van der Waals surface area contributed by atoms with Crippen LogP contribution in [0.5, 0.6) is 0 Å². The van der Waals surface area contributed by atoms with E-state index in [0.29, 0.717) is 23.8 Å². The maximum Gasteiger partial charge on any atom is 0.256 e. The third-order valence-corrected chi connectivity index (χ3v) is 8.13. The molecule has 2 aromatic heterocycles. The minimum atomic E-state index is -0.174. The lowest BCUT2D eigenvalue weighted by Gasteiger charge is -2.31. The Hall–Kier alpha value is -2.00. The minimum Gasteiger partial charge on any atom is -0.383 e. The van der Waals surface area contributed by atoms with Gasteiger partial charge in [0.1, 0.15) is 16.6 Å². The van der Waals surface area contributed by atoms with Gasteiger partial charge in [-0.2, -0.15) is 5.10 Å². The van der Waals surface area contributed by atoms with Gasteiger partial charge in [0.15, 0.2) is 0 Å². The van der Waals surface area contributed by atoms with Crippen molar-refractivity contribution in [1.29, 1.82) is 0 Å². The summed E-state index contributed by atoms with van der Waals surface area (Å²) in [6.45, 7) is 0.630. The van der Waals surface area contributed by atoms with Gasteiger partial charge < -0.3 is 16.4 Å². The zero-order valence-corrected chi connectivity index (χ0v) is 18.2. The molecule has 0 aromatic carbocycles. The Kier molecular flexibility index (Phi) is 6.15.